The van der Waals surface area contributed by atoms with Crippen molar-refractivity contribution in [1.29, 1.82) is 0 Å². The predicted molar refractivity (Wildman–Crippen MR) is 76.7 cm³/mol. The molecule has 0 saturated carbocycles. The first kappa shape index (κ1) is 13.4. The largest absolute Gasteiger partial charge is 0.367 e. The standard InChI is InChI=1S/C15H21N3O2/c19-14-3-7-16-10-12(14)15(20)18-8-4-11(5-9-18)13-2-1-6-17-13/h3,7,10-11,13,17H,1-2,4-6,8-9H2,(H,16,19). The van der Waals surface area contributed by atoms with Gasteiger partial charge in [-0.3, -0.25) is 9.59 Å². The van der Waals surface area contributed by atoms with E-state index >= 15 is 0 Å². The Kier molecular flexibility index (Phi) is 3.87. The summed E-state index contributed by atoms with van der Waals surface area (Å²) in [7, 11) is 0. The molecule has 20 heavy (non-hydrogen) atoms. The Morgan fingerprint density at radius 3 is 2.70 bits per heavy atom. The number of hydrogen-bond donors (Lipinski definition) is 2. The van der Waals surface area contributed by atoms with Crippen LogP contribution in [0.4, 0.5) is 0 Å². The van der Waals surface area contributed by atoms with Crippen LogP contribution in [0, 0.1) is 5.92 Å². The van der Waals surface area contributed by atoms with Crippen molar-refractivity contribution in [2.24, 2.45) is 5.92 Å². The van der Waals surface area contributed by atoms with Crippen molar-refractivity contribution in [2.45, 2.75) is 31.7 Å². The van der Waals surface area contributed by atoms with Crippen molar-refractivity contribution < 1.29 is 4.79 Å². The number of piperidine rings is 1. The van der Waals surface area contributed by atoms with Crippen LogP contribution in [-0.2, 0) is 0 Å². The summed E-state index contributed by atoms with van der Waals surface area (Å²) < 4.78 is 0. The second-order valence-corrected chi connectivity index (χ2v) is 5.75. The average Bonchev–Trinajstić information content (AvgIpc) is 3.01. The summed E-state index contributed by atoms with van der Waals surface area (Å²) in [5, 5.41) is 3.55. The third kappa shape index (κ3) is 2.63. The van der Waals surface area contributed by atoms with Crippen molar-refractivity contribution in [3.8, 4) is 0 Å². The Morgan fingerprint density at radius 2 is 2.05 bits per heavy atom. The number of nitrogens with zero attached hydrogens (tertiary/aromatic N) is 1. The van der Waals surface area contributed by atoms with Gasteiger partial charge in [0, 0.05) is 37.6 Å². The first-order chi connectivity index (χ1) is 9.75. The molecule has 3 rings (SSSR count). The fourth-order valence-corrected chi connectivity index (χ4v) is 3.37. The quantitative estimate of drug-likeness (QED) is 0.845. The lowest BCUT2D eigenvalue weighted by atomic mass is 9.88. The minimum atomic E-state index is -0.201. The van der Waals surface area contributed by atoms with Gasteiger partial charge in [0.2, 0.25) is 0 Å². The van der Waals surface area contributed by atoms with Gasteiger partial charge in [-0.05, 0) is 38.1 Å². The van der Waals surface area contributed by atoms with E-state index in [0.29, 0.717) is 12.0 Å². The van der Waals surface area contributed by atoms with E-state index in [1.54, 1.807) is 6.20 Å². The molecule has 0 aromatic carbocycles. The van der Waals surface area contributed by atoms with Gasteiger partial charge in [0.15, 0.2) is 5.43 Å². The molecule has 3 heterocycles. The van der Waals surface area contributed by atoms with Gasteiger partial charge in [0.25, 0.3) is 5.91 Å². The number of nitrogens with one attached hydrogen (secondary N) is 2. The topological polar surface area (TPSA) is 65.2 Å². The minimum absolute atomic E-state index is 0.135. The first-order valence-electron chi connectivity index (χ1n) is 7.45. The van der Waals surface area contributed by atoms with Gasteiger partial charge in [0.1, 0.15) is 5.56 Å². The van der Waals surface area contributed by atoms with Gasteiger partial charge in [-0.25, -0.2) is 0 Å². The van der Waals surface area contributed by atoms with E-state index < -0.39 is 0 Å². The second-order valence-electron chi connectivity index (χ2n) is 5.75. The molecule has 2 saturated heterocycles. The first-order valence-corrected chi connectivity index (χ1v) is 7.45. The molecule has 1 atom stereocenters. The van der Waals surface area contributed by atoms with Gasteiger partial charge in [-0.1, -0.05) is 0 Å². The second kappa shape index (κ2) is 5.79. The lowest BCUT2D eigenvalue weighted by Gasteiger charge is -2.34. The number of hydrogen-bond acceptors (Lipinski definition) is 3. The Bertz CT molecular complexity index is 526. The predicted octanol–water partition coefficient (Wildman–Crippen LogP) is 0.979. The highest BCUT2D eigenvalue weighted by atomic mass is 16.2. The Hall–Kier alpha value is -1.62. The van der Waals surface area contributed by atoms with E-state index in [1.807, 2.05) is 4.90 Å². The number of carbonyl (C=O) groups is 1. The van der Waals surface area contributed by atoms with Crippen molar-refractivity contribution >= 4 is 5.91 Å². The molecular formula is C15H21N3O2. The van der Waals surface area contributed by atoms with Gasteiger partial charge in [-0.15, -0.1) is 0 Å². The third-order valence-corrected chi connectivity index (χ3v) is 4.55. The molecule has 1 aromatic heterocycles. The molecule has 0 aliphatic carbocycles. The van der Waals surface area contributed by atoms with E-state index in [4.69, 9.17) is 0 Å². The summed E-state index contributed by atoms with van der Waals surface area (Å²) in [6.45, 7) is 2.65. The Labute approximate surface area is 118 Å². The van der Waals surface area contributed by atoms with Crippen LogP contribution in [-0.4, -0.2) is 41.5 Å². The van der Waals surface area contributed by atoms with Gasteiger partial charge in [0.05, 0.1) is 0 Å². The molecule has 2 fully saturated rings. The number of amides is 1. The number of aromatic amines is 1. The van der Waals surface area contributed by atoms with Crippen LogP contribution in [0.2, 0.25) is 0 Å². The maximum atomic E-state index is 12.3. The molecular weight excluding hydrogens is 254 g/mol. The number of pyridine rings is 1. The van der Waals surface area contributed by atoms with E-state index in [0.717, 1.165) is 32.5 Å². The zero-order valence-electron chi connectivity index (χ0n) is 11.6. The van der Waals surface area contributed by atoms with Gasteiger partial charge >= 0.3 is 0 Å². The van der Waals surface area contributed by atoms with Crippen LogP contribution < -0.4 is 10.7 Å². The number of carbonyl (C=O) groups excluding carboxylic acids is 1. The summed E-state index contributed by atoms with van der Waals surface area (Å²) in [5.41, 5.74) is 0.0540. The number of likely N-dealkylation sites (tertiary alicyclic amines) is 1. The number of aromatic nitrogens is 1. The molecule has 0 bridgehead atoms. The van der Waals surface area contributed by atoms with Crippen molar-refractivity contribution in [2.75, 3.05) is 19.6 Å². The maximum Gasteiger partial charge on any atom is 0.259 e. The van der Waals surface area contributed by atoms with Crippen molar-refractivity contribution in [3.05, 3.63) is 34.2 Å². The van der Waals surface area contributed by atoms with Crippen LogP contribution in [0.25, 0.3) is 0 Å². The van der Waals surface area contributed by atoms with Crippen molar-refractivity contribution in [3.63, 3.8) is 0 Å². The highest BCUT2D eigenvalue weighted by Gasteiger charge is 2.30. The molecule has 2 aliphatic rings. The lowest BCUT2D eigenvalue weighted by Crippen LogP contribution is -2.44. The van der Waals surface area contributed by atoms with Crippen LogP contribution in [0.15, 0.2) is 23.3 Å². The van der Waals surface area contributed by atoms with Crippen LogP contribution in [0.5, 0.6) is 0 Å². The summed E-state index contributed by atoms with van der Waals surface area (Å²) >= 11 is 0. The maximum absolute atomic E-state index is 12.3. The van der Waals surface area contributed by atoms with Gasteiger partial charge < -0.3 is 15.2 Å². The highest BCUT2D eigenvalue weighted by Crippen LogP contribution is 2.26. The summed E-state index contributed by atoms with van der Waals surface area (Å²) in [4.78, 5) is 28.7. The number of H-pyrrole nitrogens is 1. The summed E-state index contributed by atoms with van der Waals surface area (Å²) in [5.74, 6) is 0.542. The monoisotopic (exact) mass is 275 g/mol. The highest BCUT2D eigenvalue weighted by molar-refractivity contribution is 5.93. The number of rotatable bonds is 2. The molecule has 108 valence electrons. The van der Waals surface area contributed by atoms with E-state index in [-0.39, 0.29) is 16.9 Å². The molecule has 0 radical (unpaired) electrons. The molecule has 2 N–H and O–H groups in total. The van der Waals surface area contributed by atoms with Crippen LogP contribution >= 0.6 is 0 Å². The smallest absolute Gasteiger partial charge is 0.259 e. The van der Waals surface area contributed by atoms with Gasteiger partial charge in [-0.2, -0.15) is 0 Å². The molecule has 1 unspecified atom stereocenters. The normalized spacial score (nSPS) is 24.0. The third-order valence-electron chi connectivity index (χ3n) is 4.55. The lowest BCUT2D eigenvalue weighted by molar-refractivity contribution is 0.0672. The molecule has 0 spiro atoms. The molecule has 1 aromatic rings. The van der Waals surface area contributed by atoms with Crippen molar-refractivity contribution in [1.82, 2.24) is 15.2 Å². The zero-order valence-corrected chi connectivity index (χ0v) is 11.6. The average molecular weight is 275 g/mol. The fourth-order valence-electron chi connectivity index (χ4n) is 3.37. The van der Waals surface area contributed by atoms with Crippen LogP contribution in [0.3, 0.4) is 0 Å². The zero-order chi connectivity index (χ0) is 13.9. The van der Waals surface area contributed by atoms with E-state index in [9.17, 15) is 9.59 Å². The Morgan fingerprint density at radius 1 is 1.25 bits per heavy atom. The molecule has 1 amide bonds. The molecule has 5 heteroatoms. The summed E-state index contributed by atoms with van der Waals surface area (Å²) in [6, 6.07) is 2.04. The van der Waals surface area contributed by atoms with E-state index in [1.165, 1.54) is 25.1 Å². The minimum Gasteiger partial charge on any atom is -0.367 e. The molecule has 5 nitrogen and oxygen atoms in total. The van der Waals surface area contributed by atoms with Crippen LogP contribution in [0.1, 0.15) is 36.0 Å². The molecule has 2 aliphatic heterocycles. The Balaban J connectivity index is 1.62. The summed E-state index contributed by atoms with van der Waals surface area (Å²) in [6.07, 6.45) is 7.66. The SMILES string of the molecule is O=C(c1c[nH]ccc1=O)N1CCC(C2CCCN2)CC1. The van der Waals surface area contributed by atoms with E-state index in [2.05, 4.69) is 10.3 Å². The fraction of sp³-hybridized carbons (Fsp3) is 0.600.